The van der Waals surface area contributed by atoms with Crippen LogP contribution in [0.4, 0.5) is 4.39 Å². The molecule has 1 unspecified atom stereocenters. The minimum absolute atomic E-state index is 0.0146. The Balaban J connectivity index is 1.30. The third-order valence-electron chi connectivity index (χ3n) is 5.93. The summed E-state index contributed by atoms with van der Waals surface area (Å²) in [6, 6.07) is 11.7. The minimum atomic E-state index is -0.572. The first-order valence-corrected chi connectivity index (χ1v) is 9.72. The fourth-order valence-electron chi connectivity index (χ4n) is 4.55. The summed E-state index contributed by atoms with van der Waals surface area (Å²) in [5, 5.41) is 19.8. The van der Waals surface area contributed by atoms with Gasteiger partial charge in [0.25, 0.3) is 0 Å². The number of rotatable bonds is 6. The zero-order valence-electron chi connectivity index (χ0n) is 15.9. The molecule has 2 N–H and O–H groups in total. The highest BCUT2D eigenvalue weighted by molar-refractivity contribution is 5.35. The van der Waals surface area contributed by atoms with Gasteiger partial charge < -0.3 is 19.7 Å². The van der Waals surface area contributed by atoms with Crippen LogP contribution in [-0.2, 0) is 0 Å². The van der Waals surface area contributed by atoms with Crippen LogP contribution in [0.25, 0.3) is 0 Å². The van der Waals surface area contributed by atoms with Crippen molar-refractivity contribution in [3.8, 4) is 17.2 Å². The van der Waals surface area contributed by atoms with Crippen molar-refractivity contribution in [2.24, 2.45) is 11.8 Å². The van der Waals surface area contributed by atoms with Crippen LogP contribution < -0.4 is 9.47 Å². The van der Waals surface area contributed by atoms with E-state index >= 15 is 0 Å². The Morgan fingerprint density at radius 3 is 2.36 bits per heavy atom. The molecule has 6 heteroatoms. The zero-order valence-corrected chi connectivity index (χ0v) is 15.9. The van der Waals surface area contributed by atoms with Crippen LogP contribution in [0, 0.1) is 17.7 Å². The normalized spacial score (nSPS) is 25.5. The van der Waals surface area contributed by atoms with Crippen molar-refractivity contribution in [2.75, 3.05) is 26.7 Å². The standard InChI is InChI=1S/C22H26FNO4/c1-27-20-3-2-4-21(22(20)23)28-18-9-15-11-24(12-16(15)10-18)13-19(26)14-5-7-17(25)8-6-14/h2-8,15-16,18-19,25-26H,9-13H2,1H3/t15-,16+,18-,19?. The molecule has 1 saturated heterocycles. The van der Waals surface area contributed by atoms with Crippen LogP contribution in [0.1, 0.15) is 24.5 Å². The fourth-order valence-corrected chi connectivity index (χ4v) is 4.55. The summed E-state index contributed by atoms with van der Waals surface area (Å²) >= 11 is 0. The summed E-state index contributed by atoms with van der Waals surface area (Å²) in [4.78, 5) is 2.29. The molecule has 150 valence electrons. The molecule has 1 aliphatic carbocycles. The Kier molecular flexibility index (Phi) is 5.42. The molecule has 1 heterocycles. The Morgan fingerprint density at radius 2 is 1.71 bits per heavy atom. The maximum absolute atomic E-state index is 14.3. The van der Waals surface area contributed by atoms with Crippen molar-refractivity contribution in [1.29, 1.82) is 0 Å². The Bertz CT molecular complexity index is 799. The van der Waals surface area contributed by atoms with E-state index in [2.05, 4.69) is 4.90 Å². The number of ether oxygens (including phenoxy) is 2. The molecule has 0 spiro atoms. The molecule has 2 aromatic carbocycles. The largest absolute Gasteiger partial charge is 0.508 e. The smallest absolute Gasteiger partial charge is 0.206 e. The number of aliphatic hydroxyl groups excluding tert-OH is 1. The minimum Gasteiger partial charge on any atom is -0.508 e. The lowest BCUT2D eigenvalue weighted by Gasteiger charge is -2.22. The molecule has 4 atom stereocenters. The molecule has 4 rings (SSSR count). The maximum atomic E-state index is 14.3. The number of fused-ring (bicyclic) bond motifs is 1. The van der Waals surface area contributed by atoms with E-state index in [0.717, 1.165) is 31.5 Å². The number of phenols is 1. The molecule has 2 aliphatic rings. The highest BCUT2D eigenvalue weighted by Gasteiger charge is 2.42. The van der Waals surface area contributed by atoms with Gasteiger partial charge in [-0.05, 0) is 54.5 Å². The molecule has 2 fully saturated rings. The van der Waals surface area contributed by atoms with E-state index in [9.17, 15) is 14.6 Å². The molecule has 0 amide bonds. The van der Waals surface area contributed by atoms with E-state index in [4.69, 9.17) is 9.47 Å². The summed E-state index contributed by atoms with van der Waals surface area (Å²) in [6.45, 7) is 2.41. The third kappa shape index (κ3) is 3.93. The monoisotopic (exact) mass is 387 g/mol. The second kappa shape index (κ2) is 7.97. The van der Waals surface area contributed by atoms with E-state index in [1.807, 2.05) is 0 Å². The summed E-state index contributed by atoms with van der Waals surface area (Å²) in [5.41, 5.74) is 0.810. The fraction of sp³-hybridized carbons (Fsp3) is 0.455. The third-order valence-corrected chi connectivity index (χ3v) is 5.93. The van der Waals surface area contributed by atoms with Gasteiger partial charge in [0, 0.05) is 19.6 Å². The van der Waals surface area contributed by atoms with Crippen molar-refractivity contribution in [3.63, 3.8) is 0 Å². The number of halogens is 1. The highest BCUT2D eigenvalue weighted by atomic mass is 19.1. The van der Waals surface area contributed by atoms with E-state index in [1.165, 1.54) is 7.11 Å². The van der Waals surface area contributed by atoms with E-state index in [-0.39, 0.29) is 23.4 Å². The number of β-amino-alcohol motifs (C(OH)–C–C–N with tert-alkyl or cyclic N) is 1. The molecule has 1 aliphatic heterocycles. The summed E-state index contributed by atoms with van der Waals surface area (Å²) in [5.74, 6) is 1.22. The first-order chi connectivity index (χ1) is 13.5. The average Bonchev–Trinajstić information content (AvgIpc) is 3.21. The SMILES string of the molecule is COc1cccc(O[C@@H]2C[C@@H]3CN(CC(O)c4ccc(O)cc4)C[C@@H]3C2)c1F. The molecular formula is C22H26FNO4. The number of aromatic hydroxyl groups is 1. The van der Waals surface area contributed by atoms with Crippen molar-refractivity contribution in [3.05, 3.63) is 53.8 Å². The first-order valence-electron chi connectivity index (χ1n) is 9.72. The van der Waals surface area contributed by atoms with Gasteiger partial charge in [0.15, 0.2) is 11.5 Å². The summed E-state index contributed by atoms with van der Waals surface area (Å²) in [6.07, 6.45) is 1.23. The molecule has 0 radical (unpaired) electrons. The van der Waals surface area contributed by atoms with Crippen LogP contribution in [0.15, 0.2) is 42.5 Å². The first kappa shape index (κ1) is 19.0. The zero-order chi connectivity index (χ0) is 19.7. The molecule has 0 aromatic heterocycles. The van der Waals surface area contributed by atoms with Crippen molar-refractivity contribution < 1.29 is 24.1 Å². The summed E-state index contributed by atoms with van der Waals surface area (Å²) < 4.78 is 25.3. The lowest BCUT2D eigenvalue weighted by molar-refractivity contribution is 0.115. The molecule has 0 bridgehead atoms. The van der Waals surface area contributed by atoms with Crippen molar-refractivity contribution in [2.45, 2.75) is 25.0 Å². The van der Waals surface area contributed by atoms with Gasteiger partial charge in [-0.3, -0.25) is 4.90 Å². The molecular weight excluding hydrogens is 361 g/mol. The number of phenolic OH excluding ortho intramolecular Hbond substituents is 1. The van der Waals surface area contributed by atoms with Gasteiger partial charge in [-0.25, -0.2) is 0 Å². The number of benzene rings is 2. The average molecular weight is 387 g/mol. The number of methoxy groups -OCH3 is 1. The van der Waals surface area contributed by atoms with Crippen LogP contribution in [0.2, 0.25) is 0 Å². The van der Waals surface area contributed by atoms with Gasteiger partial charge in [0.05, 0.1) is 19.3 Å². The molecule has 2 aromatic rings. The summed E-state index contributed by atoms with van der Waals surface area (Å²) in [7, 11) is 1.45. The highest BCUT2D eigenvalue weighted by Crippen LogP contribution is 2.41. The lowest BCUT2D eigenvalue weighted by atomic mass is 10.0. The van der Waals surface area contributed by atoms with E-state index in [1.54, 1.807) is 42.5 Å². The van der Waals surface area contributed by atoms with E-state index in [0.29, 0.717) is 18.4 Å². The lowest BCUT2D eigenvalue weighted by Crippen LogP contribution is -2.29. The number of aliphatic hydroxyl groups is 1. The van der Waals surface area contributed by atoms with E-state index < -0.39 is 11.9 Å². The van der Waals surface area contributed by atoms with Gasteiger partial charge in [-0.1, -0.05) is 18.2 Å². The molecule has 5 nitrogen and oxygen atoms in total. The number of likely N-dealkylation sites (tertiary alicyclic amines) is 1. The van der Waals surface area contributed by atoms with Crippen molar-refractivity contribution in [1.82, 2.24) is 4.90 Å². The van der Waals surface area contributed by atoms with Gasteiger partial charge in [-0.15, -0.1) is 0 Å². The van der Waals surface area contributed by atoms with Crippen LogP contribution in [-0.4, -0.2) is 48.0 Å². The maximum Gasteiger partial charge on any atom is 0.206 e. The number of hydrogen-bond donors (Lipinski definition) is 2. The molecule has 1 saturated carbocycles. The second-order valence-corrected chi connectivity index (χ2v) is 7.83. The van der Waals surface area contributed by atoms with Gasteiger partial charge in [0.1, 0.15) is 5.75 Å². The van der Waals surface area contributed by atoms with Crippen LogP contribution in [0.3, 0.4) is 0 Å². The second-order valence-electron chi connectivity index (χ2n) is 7.83. The predicted octanol–water partition coefficient (Wildman–Crippen LogP) is 3.36. The van der Waals surface area contributed by atoms with Gasteiger partial charge in [-0.2, -0.15) is 4.39 Å². The topological polar surface area (TPSA) is 62.2 Å². The Hall–Kier alpha value is -2.31. The van der Waals surface area contributed by atoms with Gasteiger partial charge in [0.2, 0.25) is 5.82 Å². The Morgan fingerprint density at radius 1 is 1.07 bits per heavy atom. The van der Waals surface area contributed by atoms with Gasteiger partial charge >= 0.3 is 0 Å². The number of nitrogens with zero attached hydrogens (tertiary/aromatic N) is 1. The Labute approximate surface area is 164 Å². The number of hydrogen-bond acceptors (Lipinski definition) is 5. The quantitative estimate of drug-likeness (QED) is 0.796. The van der Waals surface area contributed by atoms with Crippen molar-refractivity contribution >= 4 is 0 Å². The predicted molar refractivity (Wildman–Crippen MR) is 103 cm³/mol. The van der Waals surface area contributed by atoms with Crippen LogP contribution >= 0.6 is 0 Å². The molecule has 28 heavy (non-hydrogen) atoms. The van der Waals surface area contributed by atoms with Crippen LogP contribution in [0.5, 0.6) is 17.2 Å².